The first kappa shape index (κ1) is 21.0. The number of aromatic nitrogens is 2. The third kappa shape index (κ3) is 3.89. The lowest BCUT2D eigenvalue weighted by atomic mass is 9.95. The second-order valence-electron chi connectivity index (χ2n) is 7.68. The Bertz CT molecular complexity index is 1460. The maximum atomic E-state index is 13.9. The van der Waals surface area contributed by atoms with Crippen LogP contribution < -0.4 is 0 Å². The van der Waals surface area contributed by atoms with Crippen LogP contribution in [0.5, 0.6) is 0 Å². The van der Waals surface area contributed by atoms with Gasteiger partial charge in [-0.3, -0.25) is 14.9 Å². The third-order valence-electron chi connectivity index (χ3n) is 5.55. The summed E-state index contributed by atoms with van der Waals surface area (Å²) >= 11 is 0. The quantitative estimate of drug-likeness (QED) is 0.173. The molecule has 0 radical (unpaired) electrons. The van der Waals surface area contributed by atoms with E-state index in [-0.39, 0.29) is 11.5 Å². The molecule has 0 bridgehead atoms. The van der Waals surface area contributed by atoms with E-state index in [0.717, 1.165) is 11.1 Å². The van der Waals surface area contributed by atoms with Crippen molar-refractivity contribution < 1.29 is 9.72 Å². The number of rotatable bonds is 6. The minimum atomic E-state index is -0.440. The van der Waals surface area contributed by atoms with Crippen molar-refractivity contribution in [1.29, 1.82) is 0 Å². The van der Waals surface area contributed by atoms with Gasteiger partial charge in [-0.2, -0.15) is 5.10 Å². The first-order chi connectivity index (χ1) is 16.6. The van der Waals surface area contributed by atoms with Crippen LogP contribution in [0, 0.1) is 10.1 Å². The van der Waals surface area contributed by atoms with E-state index >= 15 is 0 Å². The predicted molar refractivity (Wildman–Crippen MR) is 131 cm³/mol. The summed E-state index contributed by atoms with van der Waals surface area (Å²) in [6.45, 7) is 0. The maximum Gasteiger partial charge on any atom is 0.269 e. The summed E-state index contributed by atoms with van der Waals surface area (Å²) in [6, 6.07) is 34.4. The molecule has 5 rings (SSSR count). The molecule has 34 heavy (non-hydrogen) atoms. The highest BCUT2D eigenvalue weighted by Gasteiger charge is 2.27. The van der Waals surface area contributed by atoms with Crippen LogP contribution in [0.2, 0.25) is 0 Å². The molecule has 0 amide bonds. The number of ketones is 1. The van der Waals surface area contributed by atoms with Crippen LogP contribution in [-0.2, 0) is 0 Å². The Balaban J connectivity index is 1.82. The maximum absolute atomic E-state index is 13.9. The molecule has 0 aliphatic carbocycles. The molecule has 5 aromatic rings. The van der Waals surface area contributed by atoms with E-state index in [9.17, 15) is 14.9 Å². The Labute approximate surface area is 195 Å². The second-order valence-corrected chi connectivity index (χ2v) is 7.68. The molecule has 0 spiro atoms. The molecule has 1 heterocycles. The van der Waals surface area contributed by atoms with Crippen molar-refractivity contribution >= 4 is 11.5 Å². The van der Waals surface area contributed by atoms with Crippen LogP contribution >= 0.6 is 0 Å². The Kier molecular flexibility index (Phi) is 5.54. The number of nitro benzene ring substituents is 1. The summed E-state index contributed by atoms with van der Waals surface area (Å²) < 4.78 is 1.69. The van der Waals surface area contributed by atoms with E-state index < -0.39 is 4.92 Å². The van der Waals surface area contributed by atoms with E-state index in [0.29, 0.717) is 28.2 Å². The van der Waals surface area contributed by atoms with Crippen LogP contribution in [0.1, 0.15) is 15.9 Å². The molecular formula is C28H19N3O3. The molecule has 0 saturated carbocycles. The van der Waals surface area contributed by atoms with Gasteiger partial charge in [-0.25, -0.2) is 4.68 Å². The number of carbonyl (C=O) groups is 1. The molecule has 6 nitrogen and oxygen atoms in total. The fourth-order valence-corrected chi connectivity index (χ4v) is 3.93. The van der Waals surface area contributed by atoms with Crippen LogP contribution in [0.4, 0.5) is 5.69 Å². The Morgan fingerprint density at radius 2 is 1.24 bits per heavy atom. The highest BCUT2D eigenvalue weighted by molar-refractivity contribution is 6.16. The number of nitrogens with zero attached hydrogens (tertiary/aromatic N) is 3. The number of non-ortho nitro benzene ring substituents is 1. The molecule has 164 valence electrons. The summed E-state index contributed by atoms with van der Waals surface area (Å²) in [5.41, 5.74) is 4.43. The van der Waals surface area contributed by atoms with E-state index in [1.165, 1.54) is 12.1 Å². The molecule has 0 N–H and O–H groups in total. The third-order valence-corrected chi connectivity index (χ3v) is 5.55. The molecule has 4 aromatic carbocycles. The van der Waals surface area contributed by atoms with Gasteiger partial charge in [0.1, 0.15) is 5.69 Å². The Morgan fingerprint density at radius 1 is 0.706 bits per heavy atom. The van der Waals surface area contributed by atoms with Gasteiger partial charge < -0.3 is 0 Å². The fourth-order valence-electron chi connectivity index (χ4n) is 3.93. The number of nitro groups is 1. The summed E-state index contributed by atoms with van der Waals surface area (Å²) in [6.07, 6.45) is 0. The van der Waals surface area contributed by atoms with Crippen molar-refractivity contribution in [3.05, 3.63) is 137 Å². The largest absolute Gasteiger partial charge is 0.288 e. The van der Waals surface area contributed by atoms with Crippen LogP contribution in [0.25, 0.3) is 28.2 Å². The van der Waals surface area contributed by atoms with Crippen LogP contribution in [0.15, 0.2) is 115 Å². The molecule has 0 atom stereocenters. The lowest BCUT2D eigenvalue weighted by Gasteiger charge is -2.10. The summed E-state index contributed by atoms with van der Waals surface area (Å²) in [7, 11) is 0. The summed E-state index contributed by atoms with van der Waals surface area (Å²) in [5.74, 6) is -0.147. The monoisotopic (exact) mass is 445 g/mol. The van der Waals surface area contributed by atoms with Gasteiger partial charge in [0.15, 0.2) is 5.78 Å². The number of benzene rings is 4. The van der Waals surface area contributed by atoms with Crippen molar-refractivity contribution in [2.24, 2.45) is 0 Å². The summed E-state index contributed by atoms with van der Waals surface area (Å²) in [4.78, 5) is 24.6. The van der Waals surface area contributed by atoms with Gasteiger partial charge >= 0.3 is 0 Å². The van der Waals surface area contributed by atoms with E-state index in [2.05, 4.69) is 0 Å². The zero-order chi connectivity index (χ0) is 23.5. The van der Waals surface area contributed by atoms with Crippen molar-refractivity contribution in [3.8, 4) is 28.2 Å². The van der Waals surface area contributed by atoms with Crippen molar-refractivity contribution in [3.63, 3.8) is 0 Å². The van der Waals surface area contributed by atoms with Crippen LogP contribution in [-0.4, -0.2) is 20.5 Å². The van der Waals surface area contributed by atoms with Crippen molar-refractivity contribution in [2.45, 2.75) is 0 Å². The zero-order valence-corrected chi connectivity index (χ0v) is 18.0. The van der Waals surface area contributed by atoms with Gasteiger partial charge in [0.05, 0.1) is 21.9 Å². The number of carbonyl (C=O) groups excluding carboxylic acids is 1. The standard InChI is InChI=1S/C28H19N3O3/c32-28(22-14-8-3-9-15-22)25-26(20-10-4-1-5-11-20)29-30(27(25)21-12-6-2-7-13-21)23-16-18-24(19-17-23)31(33)34/h1-19H. The van der Waals surface area contributed by atoms with Gasteiger partial charge in [-0.1, -0.05) is 91.0 Å². The topological polar surface area (TPSA) is 78.0 Å². The summed E-state index contributed by atoms with van der Waals surface area (Å²) in [5, 5.41) is 16.0. The first-order valence-electron chi connectivity index (χ1n) is 10.7. The van der Waals surface area contributed by atoms with E-state index in [1.807, 2.05) is 78.9 Å². The second kappa shape index (κ2) is 8.96. The molecule has 0 fully saturated rings. The lowest BCUT2D eigenvalue weighted by molar-refractivity contribution is -0.384. The Morgan fingerprint density at radius 3 is 1.79 bits per heavy atom. The van der Waals surface area contributed by atoms with Crippen molar-refractivity contribution in [2.75, 3.05) is 0 Å². The highest BCUT2D eigenvalue weighted by atomic mass is 16.6. The smallest absolute Gasteiger partial charge is 0.269 e. The molecule has 0 saturated heterocycles. The number of hydrogen-bond donors (Lipinski definition) is 0. The number of hydrogen-bond acceptors (Lipinski definition) is 4. The van der Waals surface area contributed by atoms with E-state index in [4.69, 9.17) is 5.10 Å². The minimum Gasteiger partial charge on any atom is -0.288 e. The zero-order valence-electron chi connectivity index (χ0n) is 18.0. The average Bonchev–Trinajstić information content (AvgIpc) is 3.30. The SMILES string of the molecule is O=C(c1ccccc1)c1c(-c2ccccc2)nn(-c2ccc([N+](=O)[O-])cc2)c1-c1ccccc1. The average molecular weight is 445 g/mol. The van der Waals surface area contributed by atoms with Gasteiger partial charge in [0, 0.05) is 28.8 Å². The molecule has 0 aliphatic heterocycles. The molecule has 6 heteroatoms. The van der Waals surface area contributed by atoms with Crippen molar-refractivity contribution in [1.82, 2.24) is 9.78 Å². The minimum absolute atomic E-state index is 0.0129. The Hall–Kier alpha value is -4.84. The van der Waals surface area contributed by atoms with Gasteiger partial charge in [-0.05, 0) is 12.1 Å². The lowest BCUT2D eigenvalue weighted by Crippen LogP contribution is -2.05. The van der Waals surface area contributed by atoms with Crippen LogP contribution in [0.3, 0.4) is 0 Å². The molecule has 0 unspecified atom stereocenters. The van der Waals surface area contributed by atoms with Gasteiger partial charge in [-0.15, -0.1) is 0 Å². The highest BCUT2D eigenvalue weighted by Crippen LogP contribution is 2.36. The van der Waals surface area contributed by atoms with E-state index in [1.54, 1.807) is 28.9 Å². The first-order valence-corrected chi connectivity index (χ1v) is 10.7. The normalized spacial score (nSPS) is 10.7. The molecule has 0 aliphatic rings. The molecular weight excluding hydrogens is 426 g/mol. The van der Waals surface area contributed by atoms with Gasteiger partial charge in [0.25, 0.3) is 5.69 Å². The predicted octanol–water partition coefficient (Wildman–Crippen LogP) is 6.35. The van der Waals surface area contributed by atoms with Gasteiger partial charge in [0.2, 0.25) is 0 Å². The molecule has 1 aromatic heterocycles. The fraction of sp³-hybridized carbons (Fsp3) is 0.